The van der Waals surface area contributed by atoms with Gasteiger partial charge in [-0.05, 0) is 0 Å². The lowest BCUT2D eigenvalue weighted by Gasteiger charge is -2.16. The van der Waals surface area contributed by atoms with E-state index in [1.54, 1.807) is 4.57 Å². The maximum atomic E-state index is 10.2. The molecule has 8 heteroatoms. The van der Waals surface area contributed by atoms with Gasteiger partial charge in [0.2, 0.25) is 0 Å². The van der Waals surface area contributed by atoms with Crippen LogP contribution in [-0.4, -0.2) is 48.5 Å². The van der Waals surface area contributed by atoms with Crippen molar-refractivity contribution in [2.24, 2.45) is 5.92 Å². The van der Waals surface area contributed by atoms with Crippen LogP contribution < -0.4 is 5.73 Å². The zero-order chi connectivity index (χ0) is 13.6. The second-order valence-corrected chi connectivity index (χ2v) is 4.68. The zero-order valence-electron chi connectivity index (χ0n) is 10.3. The summed E-state index contributed by atoms with van der Waals surface area (Å²) in [5.74, 6) is 0.106. The van der Waals surface area contributed by atoms with E-state index in [1.807, 2.05) is 6.92 Å². The van der Waals surface area contributed by atoms with E-state index >= 15 is 0 Å². The number of aliphatic hydroxyl groups is 2. The highest BCUT2D eigenvalue weighted by Crippen LogP contribution is 2.35. The molecule has 0 bridgehead atoms. The minimum atomic E-state index is -0.745. The number of nitrogen functional groups attached to an aromatic ring is 1. The number of rotatable bonds is 2. The van der Waals surface area contributed by atoms with Gasteiger partial charge in [-0.2, -0.15) is 0 Å². The van der Waals surface area contributed by atoms with Gasteiger partial charge in [0.15, 0.2) is 17.7 Å². The number of imidazole rings is 1. The summed E-state index contributed by atoms with van der Waals surface area (Å²) >= 11 is 0. The Labute approximate surface area is 108 Å². The van der Waals surface area contributed by atoms with E-state index < -0.39 is 18.4 Å². The molecule has 0 spiro atoms. The Kier molecular flexibility index (Phi) is 2.85. The molecule has 1 aliphatic heterocycles. The second kappa shape index (κ2) is 4.41. The summed E-state index contributed by atoms with van der Waals surface area (Å²) in [6, 6.07) is 0. The summed E-state index contributed by atoms with van der Waals surface area (Å²) in [4.78, 5) is 12.1. The van der Waals surface area contributed by atoms with E-state index in [0.29, 0.717) is 11.2 Å². The van der Waals surface area contributed by atoms with Gasteiger partial charge in [0.25, 0.3) is 0 Å². The third kappa shape index (κ3) is 1.76. The van der Waals surface area contributed by atoms with Crippen molar-refractivity contribution in [1.82, 2.24) is 19.5 Å². The predicted molar refractivity (Wildman–Crippen MR) is 65.9 cm³/mol. The van der Waals surface area contributed by atoms with Crippen molar-refractivity contribution in [2.75, 3.05) is 12.3 Å². The zero-order valence-corrected chi connectivity index (χ0v) is 10.3. The van der Waals surface area contributed by atoms with Crippen molar-refractivity contribution in [3.05, 3.63) is 12.7 Å². The van der Waals surface area contributed by atoms with Crippen LogP contribution in [0.15, 0.2) is 12.7 Å². The van der Waals surface area contributed by atoms with Gasteiger partial charge in [0.05, 0.1) is 19.0 Å². The molecule has 3 rings (SSSR count). The fourth-order valence-electron chi connectivity index (χ4n) is 2.36. The maximum absolute atomic E-state index is 10.2. The standard InChI is InChI=1S/C11H15N5O3/c1-5-6(2-17)19-11(8(5)18)16-4-15-7-9(12)13-3-14-10(7)16/h3-6,8,11,17-18H,2H2,1H3,(H2,12,13,14)/t5-,6?,8-,11-/m1/s1. The summed E-state index contributed by atoms with van der Waals surface area (Å²) in [7, 11) is 0. The summed E-state index contributed by atoms with van der Waals surface area (Å²) in [6.07, 6.45) is 1.06. The van der Waals surface area contributed by atoms with Crippen molar-refractivity contribution in [3.8, 4) is 0 Å². The van der Waals surface area contributed by atoms with Gasteiger partial charge < -0.3 is 20.7 Å². The summed E-state index contributed by atoms with van der Waals surface area (Å²) in [5.41, 5.74) is 6.69. The lowest BCUT2D eigenvalue weighted by atomic mass is 10.0. The van der Waals surface area contributed by atoms with Gasteiger partial charge in [-0.1, -0.05) is 6.92 Å². The average molecular weight is 265 g/mol. The normalized spacial score (nSPS) is 31.1. The molecule has 102 valence electrons. The molecule has 3 heterocycles. The van der Waals surface area contributed by atoms with Crippen molar-refractivity contribution < 1.29 is 14.9 Å². The molecule has 1 saturated heterocycles. The van der Waals surface area contributed by atoms with Crippen molar-refractivity contribution in [2.45, 2.75) is 25.4 Å². The fraction of sp³-hybridized carbons (Fsp3) is 0.545. The van der Waals surface area contributed by atoms with Crippen LogP contribution in [0.5, 0.6) is 0 Å². The van der Waals surface area contributed by atoms with Gasteiger partial charge in [-0.25, -0.2) is 15.0 Å². The topological polar surface area (TPSA) is 119 Å². The van der Waals surface area contributed by atoms with Crippen LogP contribution in [-0.2, 0) is 4.74 Å². The molecule has 8 nitrogen and oxygen atoms in total. The Morgan fingerprint density at radius 1 is 1.42 bits per heavy atom. The molecular formula is C11H15N5O3. The van der Waals surface area contributed by atoms with Crippen LogP contribution in [0.3, 0.4) is 0 Å². The van der Waals surface area contributed by atoms with Crippen LogP contribution in [0, 0.1) is 5.92 Å². The quantitative estimate of drug-likeness (QED) is 0.656. The number of nitrogens with zero attached hydrogens (tertiary/aromatic N) is 4. The van der Waals surface area contributed by atoms with Gasteiger partial charge in [0, 0.05) is 5.92 Å². The molecule has 1 unspecified atom stereocenters. The second-order valence-electron chi connectivity index (χ2n) is 4.68. The summed E-state index contributed by atoms with van der Waals surface area (Å²) in [6.45, 7) is 1.69. The highest BCUT2D eigenvalue weighted by molar-refractivity contribution is 5.81. The van der Waals surface area contributed by atoms with Crippen molar-refractivity contribution >= 4 is 17.0 Å². The monoisotopic (exact) mass is 265 g/mol. The number of hydrogen-bond donors (Lipinski definition) is 3. The Bertz CT molecular complexity index is 601. The van der Waals surface area contributed by atoms with E-state index in [2.05, 4.69) is 15.0 Å². The Morgan fingerprint density at radius 3 is 2.89 bits per heavy atom. The molecule has 0 aliphatic carbocycles. The number of aliphatic hydroxyl groups excluding tert-OH is 2. The van der Waals surface area contributed by atoms with Gasteiger partial charge in [0.1, 0.15) is 17.9 Å². The number of ether oxygens (including phenoxy) is 1. The van der Waals surface area contributed by atoms with Crippen LogP contribution in [0.2, 0.25) is 0 Å². The van der Waals surface area contributed by atoms with E-state index in [9.17, 15) is 10.2 Å². The van der Waals surface area contributed by atoms with Gasteiger partial charge in [-0.15, -0.1) is 0 Å². The lowest BCUT2D eigenvalue weighted by molar-refractivity contribution is -0.0491. The number of hydrogen-bond acceptors (Lipinski definition) is 7. The molecule has 0 saturated carbocycles. The minimum absolute atomic E-state index is 0.140. The molecule has 2 aromatic rings. The van der Waals surface area contributed by atoms with Crippen molar-refractivity contribution in [1.29, 1.82) is 0 Å². The molecule has 0 radical (unpaired) electrons. The molecule has 19 heavy (non-hydrogen) atoms. The fourth-order valence-corrected chi connectivity index (χ4v) is 2.36. The van der Waals surface area contributed by atoms with E-state index in [4.69, 9.17) is 10.5 Å². The molecule has 1 aliphatic rings. The summed E-state index contributed by atoms with van der Waals surface area (Å²) in [5, 5.41) is 19.4. The van der Waals surface area contributed by atoms with E-state index in [0.717, 1.165) is 0 Å². The first kappa shape index (κ1) is 12.3. The first-order valence-corrected chi connectivity index (χ1v) is 6.01. The average Bonchev–Trinajstić information content (AvgIpc) is 2.94. The summed E-state index contributed by atoms with van der Waals surface area (Å²) < 4.78 is 7.26. The molecule has 2 aromatic heterocycles. The largest absolute Gasteiger partial charge is 0.394 e. The SMILES string of the molecule is C[C@@H]1C(CO)O[C@@H](n2cnc3c(N)ncnc32)[C@@H]1O. The lowest BCUT2D eigenvalue weighted by Crippen LogP contribution is -2.25. The Balaban J connectivity index is 2.04. The Hall–Kier alpha value is -1.77. The maximum Gasteiger partial charge on any atom is 0.167 e. The third-order valence-electron chi connectivity index (χ3n) is 3.57. The van der Waals surface area contributed by atoms with Crippen LogP contribution in [0.1, 0.15) is 13.2 Å². The van der Waals surface area contributed by atoms with Gasteiger partial charge >= 0.3 is 0 Å². The number of aromatic nitrogens is 4. The number of fused-ring (bicyclic) bond motifs is 1. The van der Waals surface area contributed by atoms with Gasteiger partial charge in [-0.3, -0.25) is 4.57 Å². The molecule has 0 aromatic carbocycles. The molecular weight excluding hydrogens is 250 g/mol. The Morgan fingerprint density at radius 2 is 2.21 bits per heavy atom. The smallest absolute Gasteiger partial charge is 0.167 e. The molecule has 0 amide bonds. The highest BCUT2D eigenvalue weighted by Gasteiger charge is 2.42. The van der Waals surface area contributed by atoms with Crippen LogP contribution in [0.25, 0.3) is 11.2 Å². The molecule has 1 fully saturated rings. The highest BCUT2D eigenvalue weighted by atomic mass is 16.5. The van der Waals surface area contributed by atoms with E-state index in [1.165, 1.54) is 12.7 Å². The molecule has 4 atom stereocenters. The number of nitrogens with two attached hydrogens (primary N) is 1. The predicted octanol–water partition coefficient (Wildman–Crippen LogP) is -0.705. The first-order chi connectivity index (χ1) is 9.13. The molecule has 4 N–H and O–H groups in total. The minimum Gasteiger partial charge on any atom is -0.394 e. The van der Waals surface area contributed by atoms with E-state index in [-0.39, 0.29) is 18.3 Å². The van der Waals surface area contributed by atoms with Crippen molar-refractivity contribution in [3.63, 3.8) is 0 Å². The first-order valence-electron chi connectivity index (χ1n) is 6.01. The van der Waals surface area contributed by atoms with Crippen LogP contribution in [0.4, 0.5) is 5.82 Å². The van der Waals surface area contributed by atoms with Crippen LogP contribution >= 0.6 is 0 Å². The third-order valence-corrected chi connectivity index (χ3v) is 3.57. The number of anilines is 1.